The zero-order valence-electron chi connectivity index (χ0n) is 15.4. The quantitative estimate of drug-likeness (QED) is 0.604. The predicted octanol–water partition coefficient (Wildman–Crippen LogP) is 2.62. The van der Waals surface area contributed by atoms with Crippen molar-refractivity contribution in [2.45, 2.75) is 63.3 Å². The second-order valence-corrected chi connectivity index (χ2v) is 9.16. The maximum Gasteiger partial charge on any atom is 0.338 e. The molecule has 0 bridgehead atoms. The monoisotopic (exact) mass is 381 g/mol. The molecule has 1 fully saturated rings. The lowest BCUT2D eigenvalue weighted by molar-refractivity contribution is -0.129. The van der Waals surface area contributed by atoms with Crippen molar-refractivity contribution >= 4 is 21.7 Å². The summed E-state index contributed by atoms with van der Waals surface area (Å²) in [6, 6.07) is 6.42. The Morgan fingerprint density at radius 2 is 1.85 bits per heavy atom. The fourth-order valence-corrected chi connectivity index (χ4v) is 3.90. The van der Waals surface area contributed by atoms with Gasteiger partial charge in [0.25, 0.3) is 5.91 Å². The summed E-state index contributed by atoms with van der Waals surface area (Å²) in [5, 5.41) is 2.96. The molecule has 0 aliphatic heterocycles. The van der Waals surface area contributed by atoms with Gasteiger partial charge in [0.15, 0.2) is 15.9 Å². The van der Waals surface area contributed by atoms with E-state index in [2.05, 4.69) is 5.32 Å². The van der Waals surface area contributed by atoms with E-state index in [9.17, 15) is 18.0 Å². The molecular formula is C19H27NO5S. The number of rotatable bonds is 6. The Balaban J connectivity index is 1.93. The molecule has 0 heterocycles. The average molecular weight is 381 g/mol. The summed E-state index contributed by atoms with van der Waals surface area (Å²) in [6.45, 7) is 1.55. The molecule has 1 aromatic carbocycles. The second kappa shape index (κ2) is 9.16. The molecule has 1 N–H and O–H groups in total. The summed E-state index contributed by atoms with van der Waals surface area (Å²) in [7, 11) is -3.19. The van der Waals surface area contributed by atoms with E-state index >= 15 is 0 Å². The van der Waals surface area contributed by atoms with Crippen LogP contribution in [0.2, 0.25) is 0 Å². The highest BCUT2D eigenvalue weighted by Crippen LogP contribution is 2.17. The SMILES string of the molecule is C[C@@H](OC(=O)c1cccc(CS(C)(=O)=O)c1)C(=O)NC1CCCCCC1. The van der Waals surface area contributed by atoms with Gasteiger partial charge in [-0.05, 0) is 37.5 Å². The van der Waals surface area contributed by atoms with Crippen LogP contribution in [0, 0.1) is 0 Å². The molecule has 0 radical (unpaired) electrons. The first-order chi connectivity index (χ1) is 12.2. The van der Waals surface area contributed by atoms with Crippen molar-refractivity contribution in [2.24, 2.45) is 0 Å². The number of hydrogen-bond acceptors (Lipinski definition) is 5. The van der Waals surface area contributed by atoms with E-state index in [1.165, 1.54) is 18.9 Å². The zero-order valence-corrected chi connectivity index (χ0v) is 16.2. The topological polar surface area (TPSA) is 89.5 Å². The van der Waals surface area contributed by atoms with Crippen LogP contribution in [0.1, 0.15) is 61.4 Å². The Bertz CT molecular complexity index is 736. The molecule has 26 heavy (non-hydrogen) atoms. The van der Waals surface area contributed by atoms with Crippen LogP contribution in [0.3, 0.4) is 0 Å². The molecular weight excluding hydrogens is 354 g/mol. The normalized spacial score (nSPS) is 17.2. The highest BCUT2D eigenvalue weighted by molar-refractivity contribution is 7.89. The molecule has 0 aromatic heterocycles. The third-order valence-corrected chi connectivity index (χ3v) is 5.30. The first kappa shape index (κ1) is 20.4. The van der Waals surface area contributed by atoms with Crippen LogP contribution in [0.5, 0.6) is 0 Å². The molecule has 1 aliphatic carbocycles. The minimum atomic E-state index is -3.19. The van der Waals surface area contributed by atoms with Crippen molar-refractivity contribution in [1.29, 1.82) is 0 Å². The maximum atomic E-state index is 12.3. The highest BCUT2D eigenvalue weighted by atomic mass is 32.2. The molecule has 144 valence electrons. The van der Waals surface area contributed by atoms with Gasteiger partial charge in [0.1, 0.15) is 0 Å². The van der Waals surface area contributed by atoms with Crippen LogP contribution in [-0.4, -0.2) is 38.7 Å². The Hall–Kier alpha value is -1.89. The van der Waals surface area contributed by atoms with E-state index in [0.717, 1.165) is 31.9 Å². The van der Waals surface area contributed by atoms with Gasteiger partial charge in [0.2, 0.25) is 0 Å². The Morgan fingerprint density at radius 3 is 2.46 bits per heavy atom. The van der Waals surface area contributed by atoms with Crippen LogP contribution in [-0.2, 0) is 25.1 Å². The Morgan fingerprint density at radius 1 is 1.19 bits per heavy atom. The number of carbonyl (C=O) groups is 2. The van der Waals surface area contributed by atoms with Crippen LogP contribution in [0.4, 0.5) is 0 Å². The molecule has 0 unspecified atom stereocenters. The summed E-state index contributed by atoms with van der Waals surface area (Å²) in [5.41, 5.74) is 0.748. The standard InChI is InChI=1S/C19H27NO5S/c1-14(18(21)20-17-10-5-3-4-6-11-17)25-19(22)16-9-7-8-15(12-16)13-26(2,23)24/h7-9,12,14,17H,3-6,10-11,13H2,1-2H3,(H,20,21)/t14-/m1/s1. The van der Waals surface area contributed by atoms with Gasteiger partial charge in [0.05, 0.1) is 11.3 Å². The molecule has 1 atom stereocenters. The smallest absolute Gasteiger partial charge is 0.338 e. The highest BCUT2D eigenvalue weighted by Gasteiger charge is 2.22. The fraction of sp³-hybridized carbons (Fsp3) is 0.579. The van der Waals surface area contributed by atoms with Gasteiger partial charge in [-0.25, -0.2) is 13.2 Å². The molecule has 1 aromatic rings. The van der Waals surface area contributed by atoms with E-state index < -0.39 is 21.9 Å². The lowest BCUT2D eigenvalue weighted by atomic mass is 10.1. The van der Waals surface area contributed by atoms with Crippen molar-refractivity contribution in [3.63, 3.8) is 0 Å². The van der Waals surface area contributed by atoms with Crippen LogP contribution in [0.25, 0.3) is 0 Å². The van der Waals surface area contributed by atoms with Crippen molar-refractivity contribution in [3.05, 3.63) is 35.4 Å². The minimum Gasteiger partial charge on any atom is -0.449 e. The van der Waals surface area contributed by atoms with E-state index in [1.54, 1.807) is 25.1 Å². The van der Waals surface area contributed by atoms with E-state index in [4.69, 9.17) is 4.74 Å². The van der Waals surface area contributed by atoms with Crippen molar-refractivity contribution < 1.29 is 22.7 Å². The molecule has 0 saturated heterocycles. The van der Waals surface area contributed by atoms with Crippen molar-refractivity contribution in [1.82, 2.24) is 5.32 Å². The Labute approximate surface area is 155 Å². The van der Waals surface area contributed by atoms with Crippen LogP contribution >= 0.6 is 0 Å². The lowest BCUT2D eigenvalue weighted by Crippen LogP contribution is -2.41. The van der Waals surface area contributed by atoms with Gasteiger partial charge >= 0.3 is 5.97 Å². The van der Waals surface area contributed by atoms with Crippen molar-refractivity contribution in [3.8, 4) is 0 Å². The number of ether oxygens (including phenoxy) is 1. The fourth-order valence-electron chi connectivity index (χ4n) is 3.12. The number of hydrogen-bond donors (Lipinski definition) is 1. The number of nitrogens with one attached hydrogen (secondary N) is 1. The molecule has 6 nitrogen and oxygen atoms in total. The molecule has 2 rings (SSSR count). The van der Waals surface area contributed by atoms with Gasteiger partial charge < -0.3 is 10.1 Å². The van der Waals surface area contributed by atoms with Crippen LogP contribution < -0.4 is 5.32 Å². The third kappa shape index (κ3) is 6.78. The van der Waals surface area contributed by atoms with Crippen molar-refractivity contribution in [2.75, 3.05) is 6.26 Å². The molecule has 7 heteroatoms. The summed E-state index contributed by atoms with van der Waals surface area (Å²) in [5.74, 6) is -1.08. The molecule has 1 aliphatic rings. The summed E-state index contributed by atoms with van der Waals surface area (Å²) in [6.07, 6.45) is 6.75. The second-order valence-electron chi connectivity index (χ2n) is 7.02. The number of esters is 1. The predicted molar refractivity (Wildman–Crippen MR) is 99.5 cm³/mol. The van der Waals surface area contributed by atoms with Gasteiger partial charge in [-0.1, -0.05) is 37.8 Å². The zero-order chi connectivity index (χ0) is 19.2. The van der Waals surface area contributed by atoms with Gasteiger partial charge in [-0.2, -0.15) is 0 Å². The Kier molecular flexibility index (Phi) is 7.20. The first-order valence-electron chi connectivity index (χ1n) is 9.02. The molecule has 1 saturated carbocycles. The lowest BCUT2D eigenvalue weighted by Gasteiger charge is -2.19. The summed E-state index contributed by atoms with van der Waals surface area (Å²) < 4.78 is 28.0. The first-order valence-corrected chi connectivity index (χ1v) is 11.1. The summed E-state index contributed by atoms with van der Waals surface area (Å²) >= 11 is 0. The number of benzene rings is 1. The maximum absolute atomic E-state index is 12.3. The number of sulfone groups is 1. The van der Waals surface area contributed by atoms with Gasteiger partial charge in [-0.3, -0.25) is 4.79 Å². The minimum absolute atomic E-state index is 0.143. The number of carbonyl (C=O) groups excluding carboxylic acids is 2. The largest absolute Gasteiger partial charge is 0.449 e. The van der Waals surface area contributed by atoms with Crippen LogP contribution in [0.15, 0.2) is 24.3 Å². The molecule has 0 spiro atoms. The third-order valence-electron chi connectivity index (χ3n) is 4.45. The number of amides is 1. The van der Waals surface area contributed by atoms with E-state index in [1.807, 2.05) is 0 Å². The van der Waals surface area contributed by atoms with E-state index in [0.29, 0.717) is 5.56 Å². The van der Waals surface area contributed by atoms with Gasteiger partial charge in [-0.15, -0.1) is 0 Å². The molecule has 1 amide bonds. The van der Waals surface area contributed by atoms with Gasteiger partial charge in [0, 0.05) is 12.3 Å². The summed E-state index contributed by atoms with van der Waals surface area (Å²) in [4.78, 5) is 24.6. The van der Waals surface area contributed by atoms with E-state index in [-0.39, 0.29) is 23.3 Å². The average Bonchev–Trinajstić information content (AvgIpc) is 2.82.